The number of fused-ring (bicyclic) bond motifs is 1. The molecule has 0 atom stereocenters. The van der Waals surface area contributed by atoms with Crippen LogP contribution in [0.15, 0.2) is 60.7 Å². The minimum Gasteiger partial charge on any atom is -0.455 e. The number of nitrogen functional groups attached to an aromatic ring is 2. The number of nitrogens with one attached hydrogen (secondary N) is 1. The largest absolute Gasteiger partial charge is 0.455 e. The Hall–Kier alpha value is -4.37. The van der Waals surface area contributed by atoms with Crippen LogP contribution in [-0.2, 0) is 6.54 Å². The third-order valence-electron chi connectivity index (χ3n) is 6.62. The van der Waals surface area contributed by atoms with Crippen LogP contribution in [0.25, 0.3) is 10.9 Å². The second kappa shape index (κ2) is 10.3. The van der Waals surface area contributed by atoms with Crippen LogP contribution in [0.3, 0.4) is 0 Å². The van der Waals surface area contributed by atoms with Crippen molar-refractivity contribution in [3.8, 4) is 11.5 Å². The zero-order valence-corrected chi connectivity index (χ0v) is 21.1. The Bertz CT molecular complexity index is 1450. The molecule has 1 aliphatic heterocycles. The van der Waals surface area contributed by atoms with E-state index in [1.807, 2.05) is 55.5 Å². The Morgan fingerprint density at radius 2 is 1.78 bits per heavy atom. The van der Waals surface area contributed by atoms with Gasteiger partial charge >= 0.3 is 0 Å². The van der Waals surface area contributed by atoms with Crippen LogP contribution in [0.5, 0.6) is 11.5 Å². The van der Waals surface area contributed by atoms with Gasteiger partial charge in [-0.2, -0.15) is 4.98 Å². The Kier molecular flexibility index (Phi) is 6.78. The lowest BCUT2D eigenvalue weighted by Crippen LogP contribution is -2.45. The first kappa shape index (κ1) is 24.3. The van der Waals surface area contributed by atoms with Crippen molar-refractivity contribution in [3.63, 3.8) is 0 Å². The van der Waals surface area contributed by atoms with Gasteiger partial charge in [0.1, 0.15) is 11.6 Å². The van der Waals surface area contributed by atoms with Crippen LogP contribution in [0, 0.1) is 6.92 Å². The van der Waals surface area contributed by atoms with Gasteiger partial charge in [0.2, 0.25) is 5.95 Å². The molecule has 0 spiro atoms. The van der Waals surface area contributed by atoms with Gasteiger partial charge in [0.05, 0.1) is 11.2 Å². The number of carbonyl (C=O) groups excluding carboxylic acids is 1. The number of carbonyl (C=O) groups is 1. The molecule has 190 valence electrons. The van der Waals surface area contributed by atoms with Crippen molar-refractivity contribution in [3.05, 3.63) is 77.4 Å². The van der Waals surface area contributed by atoms with E-state index in [9.17, 15) is 4.79 Å². The van der Waals surface area contributed by atoms with Crippen molar-refractivity contribution in [2.45, 2.75) is 13.5 Å². The number of amides is 1. The fraction of sp³-hybridized carbons (Fsp3) is 0.250. The number of benzene rings is 3. The topological polar surface area (TPSA) is 123 Å². The maximum absolute atomic E-state index is 13.0. The molecule has 9 nitrogen and oxygen atoms in total. The van der Waals surface area contributed by atoms with Crippen LogP contribution in [0.1, 0.15) is 21.5 Å². The lowest BCUT2D eigenvalue weighted by Gasteiger charge is -2.33. The number of hydrogen-bond acceptors (Lipinski definition) is 8. The van der Waals surface area contributed by atoms with Crippen molar-refractivity contribution in [2.24, 2.45) is 0 Å². The second-order valence-corrected chi connectivity index (χ2v) is 9.35. The Morgan fingerprint density at radius 1 is 1.00 bits per heavy atom. The summed E-state index contributed by atoms with van der Waals surface area (Å²) in [7, 11) is 2.11. The van der Waals surface area contributed by atoms with Crippen molar-refractivity contribution in [1.82, 2.24) is 20.2 Å². The Labute approximate surface area is 216 Å². The van der Waals surface area contributed by atoms with Gasteiger partial charge in [0, 0.05) is 43.7 Å². The van der Waals surface area contributed by atoms with E-state index in [1.165, 1.54) is 0 Å². The molecular formula is C28H31N7O2. The number of nitrogens with two attached hydrogens (primary N) is 2. The van der Waals surface area contributed by atoms with Crippen molar-refractivity contribution in [2.75, 3.05) is 49.6 Å². The van der Waals surface area contributed by atoms with Gasteiger partial charge in [-0.05, 0) is 61.5 Å². The molecule has 0 bridgehead atoms. The summed E-state index contributed by atoms with van der Waals surface area (Å²) in [6, 6.07) is 18.7. The number of aromatic nitrogens is 2. The molecule has 0 unspecified atom stereocenters. The van der Waals surface area contributed by atoms with E-state index in [0.29, 0.717) is 34.8 Å². The summed E-state index contributed by atoms with van der Waals surface area (Å²) in [5.41, 5.74) is 15.8. The fourth-order valence-electron chi connectivity index (χ4n) is 4.40. The van der Waals surface area contributed by atoms with Gasteiger partial charge in [0.25, 0.3) is 5.91 Å². The second-order valence-electron chi connectivity index (χ2n) is 9.35. The van der Waals surface area contributed by atoms with Crippen molar-refractivity contribution in [1.29, 1.82) is 0 Å². The fourth-order valence-corrected chi connectivity index (χ4v) is 4.40. The number of hydrogen-bond donors (Lipinski definition) is 3. The van der Waals surface area contributed by atoms with E-state index in [-0.39, 0.29) is 11.9 Å². The first-order valence-corrected chi connectivity index (χ1v) is 12.3. The Morgan fingerprint density at radius 3 is 2.59 bits per heavy atom. The van der Waals surface area contributed by atoms with Crippen LogP contribution in [-0.4, -0.2) is 54.0 Å². The lowest BCUT2D eigenvalue weighted by molar-refractivity contribution is 0.0951. The molecule has 5 rings (SSSR count). The van der Waals surface area contributed by atoms with E-state index < -0.39 is 0 Å². The number of likely N-dealkylation sites (N-methyl/N-ethyl adjacent to an activating group) is 1. The van der Waals surface area contributed by atoms with Crippen LogP contribution >= 0.6 is 0 Å². The molecule has 1 saturated heterocycles. The molecule has 1 aliphatic rings. The average molecular weight is 498 g/mol. The molecule has 5 N–H and O–H groups in total. The molecular weight excluding hydrogens is 466 g/mol. The molecule has 1 amide bonds. The lowest BCUT2D eigenvalue weighted by atomic mass is 10.1. The summed E-state index contributed by atoms with van der Waals surface area (Å²) in [6.07, 6.45) is 0. The van der Waals surface area contributed by atoms with Gasteiger partial charge < -0.3 is 31.3 Å². The number of ether oxygens (including phenoxy) is 1. The van der Waals surface area contributed by atoms with E-state index in [1.54, 1.807) is 12.1 Å². The maximum Gasteiger partial charge on any atom is 0.251 e. The monoisotopic (exact) mass is 497 g/mol. The normalized spacial score (nSPS) is 14.1. The molecule has 3 aromatic carbocycles. The molecule has 4 aromatic rings. The zero-order chi connectivity index (χ0) is 25.9. The number of para-hydroxylation sites is 1. The van der Waals surface area contributed by atoms with Crippen LogP contribution in [0.4, 0.5) is 17.5 Å². The minimum absolute atomic E-state index is 0.199. The molecule has 0 radical (unpaired) electrons. The first-order chi connectivity index (χ1) is 17.9. The van der Waals surface area contributed by atoms with E-state index in [4.69, 9.17) is 16.2 Å². The van der Waals surface area contributed by atoms with Gasteiger partial charge in [0.15, 0.2) is 5.75 Å². The summed E-state index contributed by atoms with van der Waals surface area (Å²) >= 11 is 0. The highest BCUT2D eigenvalue weighted by Gasteiger charge is 2.19. The van der Waals surface area contributed by atoms with Crippen molar-refractivity contribution >= 4 is 34.3 Å². The number of aryl methyl sites for hydroxylation is 1. The van der Waals surface area contributed by atoms with E-state index >= 15 is 0 Å². The standard InChI is InChI=1S/C28H31N7O2/c1-18-5-3-8-24(25(18)29)37-21-7-4-6-19(15-21)17-31-27(36)20-9-10-22-23(16-20)32-28(30)33-26(22)35-13-11-34(2)12-14-35/h3-10,15-16H,11-14,17,29H2,1-2H3,(H,31,36)(H2,30,32,33). The third-order valence-corrected chi connectivity index (χ3v) is 6.62. The zero-order valence-electron chi connectivity index (χ0n) is 21.1. The molecule has 0 aliphatic carbocycles. The van der Waals surface area contributed by atoms with Crippen LogP contribution < -0.4 is 26.4 Å². The first-order valence-electron chi connectivity index (χ1n) is 12.3. The predicted molar refractivity (Wildman–Crippen MR) is 147 cm³/mol. The SMILES string of the molecule is Cc1cccc(Oc2cccc(CNC(=O)c3ccc4c(N5CCN(C)CC5)nc(N)nc4c3)c2)c1N. The van der Waals surface area contributed by atoms with E-state index in [2.05, 4.69) is 32.1 Å². The van der Waals surface area contributed by atoms with Gasteiger partial charge in [-0.3, -0.25) is 4.79 Å². The highest BCUT2D eigenvalue weighted by atomic mass is 16.5. The number of anilines is 3. The highest BCUT2D eigenvalue weighted by molar-refractivity contribution is 6.00. The molecule has 1 aromatic heterocycles. The molecule has 0 saturated carbocycles. The van der Waals surface area contributed by atoms with Gasteiger partial charge in [-0.25, -0.2) is 4.98 Å². The number of nitrogens with zero attached hydrogens (tertiary/aromatic N) is 4. The third kappa shape index (κ3) is 5.41. The Balaban J connectivity index is 1.29. The average Bonchev–Trinajstić information content (AvgIpc) is 2.90. The van der Waals surface area contributed by atoms with Gasteiger partial charge in [-0.1, -0.05) is 24.3 Å². The highest BCUT2D eigenvalue weighted by Crippen LogP contribution is 2.30. The molecule has 9 heteroatoms. The molecule has 1 fully saturated rings. The van der Waals surface area contributed by atoms with E-state index in [0.717, 1.165) is 48.5 Å². The predicted octanol–water partition coefficient (Wildman–Crippen LogP) is 3.58. The smallest absolute Gasteiger partial charge is 0.251 e. The quantitative estimate of drug-likeness (QED) is 0.346. The minimum atomic E-state index is -0.200. The van der Waals surface area contributed by atoms with Gasteiger partial charge in [-0.15, -0.1) is 0 Å². The maximum atomic E-state index is 13.0. The summed E-state index contributed by atoms with van der Waals surface area (Å²) in [5.74, 6) is 2.07. The summed E-state index contributed by atoms with van der Waals surface area (Å²) < 4.78 is 5.98. The number of rotatable bonds is 6. The van der Waals surface area contributed by atoms with Crippen LogP contribution in [0.2, 0.25) is 0 Å². The summed E-state index contributed by atoms with van der Waals surface area (Å²) in [5, 5.41) is 3.86. The number of piperazine rings is 1. The summed E-state index contributed by atoms with van der Waals surface area (Å²) in [4.78, 5) is 26.4. The van der Waals surface area contributed by atoms with Crippen molar-refractivity contribution < 1.29 is 9.53 Å². The summed E-state index contributed by atoms with van der Waals surface area (Å²) in [6.45, 7) is 5.92. The molecule has 2 heterocycles. The molecule has 37 heavy (non-hydrogen) atoms.